The van der Waals surface area contributed by atoms with Crippen LogP contribution >= 0.6 is 0 Å². The van der Waals surface area contributed by atoms with E-state index >= 15 is 0 Å². The maximum absolute atomic E-state index is 5.87. The van der Waals surface area contributed by atoms with Crippen LogP contribution in [-0.4, -0.2) is 13.7 Å². The van der Waals surface area contributed by atoms with Crippen molar-refractivity contribution < 1.29 is 9.47 Å². The number of rotatable bonds is 11. The minimum absolute atomic E-state index is 0.602. The maximum Gasteiger partial charge on any atom is 0.118 e. The predicted octanol–water partition coefficient (Wildman–Crippen LogP) is 5.87. The van der Waals surface area contributed by atoms with Gasteiger partial charge in [-0.25, -0.2) is 0 Å². The molecular formula is C21H34O2. The largest absolute Gasteiger partial charge is 0.497 e. The van der Waals surface area contributed by atoms with Crippen LogP contribution in [0.25, 0.3) is 0 Å². The van der Waals surface area contributed by atoms with Crippen LogP contribution in [-0.2, 0) is 11.3 Å². The molecule has 0 amide bonds. The fourth-order valence-electron chi connectivity index (χ4n) is 3.03. The first-order chi connectivity index (χ1) is 11.0. The zero-order valence-corrected chi connectivity index (χ0v) is 15.5. The van der Waals surface area contributed by atoms with Crippen LogP contribution in [0.2, 0.25) is 0 Å². The van der Waals surface area contributed by atoms with Crippen molar-refractivity contribution in [2.45, 2.75) is 53.6 Å². The molecule has 3 atom stereocenters. The normalized spacial score (nSPS) is 15.5. The van der Waals surface area contributed by atoms with Crippen LogP contribution in [0, 0.1) is 17.8 Å². The molecular weight excluding hydrogens is 284 g/mol. The Morgan fingerprint density at radius 1 is 1.00 bits per heavy atom. The molecule has 0 N–H and O–H groups in total. The molecule has 0 aliphatic rings. The first kappa shape index (κ1) is 19.8. The highest BCUT2D eigenvalue weighted by atomic mass is 16.5. The van der Waals surface area contributed by atoms with Gasteiger partial charge in [0.15, 0.2) is 0 Å². The molecule has 0 heterocycles. The number of allylic oxidation sites excluding steroid dienone is 2. The minimum Gasteiger partial charge on any atom is -0.497 e. The maximum atomic E-state index is 5.87. The highest BCUT2D eigenvalue weighted by Crippen LogP contribution is 2.21. The van der Waals surface area contributed by atoms with Gasteiger partial charge in [-0.2, -0.15) is 0 Å². The Kier molecular flexibility index (Phi) is 9.70. The topological polar surface area (TPSA) is 18.5 Å². The van der Waals surface area contributed by atoms with Gasteiger partial charge in [-0.05, 0) is 54.7 Å². The van der Waals surface area contributed by atoms with Crippen molar-refractivity contribution in [2.75, 3.05) is 13.7 Å². The monoisotopic (exact) mass is 318 g/mol. The lowest BCUT2D eigenvalue weighted by atomic mass is 9.89. The van der Waals surface area contributed by atoms with Crippen molar-refractivity contribution in [3.05, 3.63) is 42.0 Å². The summed E-state index contributed by atoms with van der Waals surface area (Å²) in [7, 11) is 1.69. The molecule has 2 nitrogen and oxygen atoms in total. The predicted molar refractivity (Wildman–Crippen MR) is 98.8 cm³/mol. The second-order valence-corrected chi connectivity index (χ2v) is 6.86. The van der Waals surface area contributed by atoms with E-state index in [9.17, 15) is 0 Å². The third kappa shape index (κ3) is 8.80. The first-order valence-electron chi connectivity index (χ1n) is 8.92. The molecule has 0 saturated heterocycles. The lowest BCUT2D eigenvalue weighted by Gasteiger charge is -2.19. The molecule has 0 aliphatic carbocycles. The molecule has 0 aromatic heterocycles. The van der Waals surface area contributed by atoms with Crippen molar-refractivity contribution >= 4 is 0 Å². The van der Waals surface area contributed by atoms with Gasteiger partial charge in [0.05, 0.1) is 13.7 Å². The SMILES string of the molecule is CC/C=C/[C@H](C)C[C@H](C)C[C@H](C)COCc1ccc(OC)cc1. The lowest BCUT2D eigenvalue weighted by molar-refractivity contribution is 0.0838. The van der Waals surface area contributed by atoms with E-state index in [1.807, 2.05) is 12.1 Å². The van der Waals surface area contributed by atoms with E-state index in [1.165, 1.54) is 18.4 Å². The van der Waals surface area contributed by atoms with Gasteiger partial charge in [0, 0.05) is 6.61 Å². The molecule has 0 bridgehead atoms. The fourth-order valence-corrected chi connectivity index (χ4v) is 3.03. The summed E-state index contributed by atoms with van der Waals surface area (Å²) in [4.78, 5) is 0. The Bertz CT molecular complexity index is 436. The van der Waals surface area contributed by atoms with Gasteiger partial charge in [-0.1, -0.05) is 52.0 Å². The molecule has 1 aromatic carbocycles. The Balaban J connectivity index is 2.22. The van der Waals surface area contributed by atoms with E-state index in [4.69, 9.17) is 9.47 Å². The third-order valence-electron chi connectivity index (χ3n) is 4.11. The van der Waals surface area contributed by atoms with Crippen molar-refractivity contribution in [3.63, 3.8) is 0 Å². The average molecular weight is 319 g/mol. The number of benzene rings is 1. The molecule has 0 radical (unpaired) electrons. The standard InChI is InChI=1S/C21H34O2/c1-6-7-8-17(2)13-18(3)14-19(4)15-23-16-20-9-11-21(22-5)12-10-20/h7-12,17-19H,6,13-16H2,1-5H3/b8-7+/t17-,18-,19-/m0/s1. The van der Waals surface area contributed by atoms with E-state index in [2.05, 4.69) is 52.0 Å². The molecule has 0 aliphatic heterocycles. The summed E-state index contributed by atoms with van der Waals surface area (Å²) < 4.78 is 11.0. The molecule has 1 aromatic rings. The Labute approximate surface area is 142 Å². The third-order valence-corrected chi connectivity index (χ3v) is 4.11. The summed E-state index contributed by atoms with van der Waals surface area (Å²) in [5, 5.41) is 0. The van der Waals surface area contributed by atoms with Crippen molar-refractivity contribution in [1.82, 2.24) is 0 Å². The summed E-state index contributed by atoms with van der Waals surface area (Å²) in [5.74, 6) is 2.91. The van der Waals surface area contributed by atoms with Crippen molar-refractivity contribution in [3.8, 4) is 5.75 Å². The summed E-state index contributed by atoms with van der Waals surface area (Å²) in [6.45, 7) is 10.7. The van der Waals surface area contributed by atoms with E-state index in [0.717, 1.165) is 24.7 Å². The van der Waals surface area contributed by atoms with E-state index in [0.29, 0.717) is 18.4 Å². The van der Waals surface area contributed by atoms with Crippen LogP contribution in [0.3, 0.4) is 0 Å². The molecule has 0 saturated carbocycles. The molecule has 0 fully saturated rings. The second-order valence-electron chi connectivity index (χ2n) is 6.86. The van der Waals surface area contributed by atoms with Crippen molar-refractivity contribution in [2.24, 2.45) is 17.8 Å². The zero-order valence-electron chi connectivity index (χ0n) is 15.5. The molecule has 23 heavy (non-hydrogen) atoms. The van der Waals surface area contributed by atoms with E-state index < -0.39 is 0 Å². The van der Waals surface area contributed by atoms with E-state index in [-0.39, 0.29) is 0 Å². The molecule has 0 spiro atoms. The summed E-state index contributed by atoms with van der Waals surface area (Å²) in [5.41, 5.74) is 1.20. The van der Waals surface area contributed by atoms with Crippen molar-refractivity contribution in [1.29, 1.82) is 0 Å². The van der Waals surface area contributed by atoms with Crippen LogP contribution in [0.15, 0.2) is 36.4 Å². The highest BCUT2D eigenvalue weighted by molar-refractivity contribution is 5.26. The first-order valence-corrected chi connectivity index (χ1v) is 8.92. The number of methoxy groups -OCH3 is 1. The van der Waals surface area contributed by atoms with Gasteiger partial charge in [0.25, 0.3) is 0 Å². The van der Waals surface area contributed by atoms with Gasteiger partial charge in [0.1, 0.15) is 5.75 Å². The van der Waals surface area contributed by atoms with Crippen LogP contribution in [0.4, 0.5) is 0 Å². The van der Waals surface area contributed by atoms with Gasteiger partial charge >= 0.3 is 0 Å². The van der Waals surface area contributed by atoms with Gasteiger partial charge in [0.2, 0.25) is 0 Å². The fraction of sp³-hybridized carbons (Fsp3) is 0.619. The van der Waals surface area contributed by atoms with Crippen LogP contribution in [0.5, 0.6) is 5.75 Å². The number of hydrogen-bond donors (Lipinski definition) is 0. The summed E-state index contributed by atoms with van der Waals surface area (Å²) >= 11 is 0. The molecule has 2 heteroatoms. The van der Waals surface area contributed by atoms with Gasteiger partial charge in [-0.15, -0.1) is 0 Å². The quantitative estimate of drug-likeness (QED) is 0.475. The van der Waals surface area contributed by atoms with Gasteiger partial charge in [-0.3, -0.25) is 0 Å². The highest BCUT2D eigenvalue weighted by Gasteiger charge is 2.11. The average Bonchev–Trinajstić information content (AvgIpc) is 2.53. The Morgan fingerprint density at radius 3 is 2.30 bits per heavy atom. The second kappa shape index (κ2) is 11.3. The Morgan fingerprint density at radius 2 is 1.70 bits per heavy atom. The zero-order chi connectivity index (χ0) is 17.1. The smallest absolute Gasteiger partial charge is 0.118 e. The number of ether oxygens (including phenoxy) is 2. The molecule has 130 valence electrons. The molecule has 0 unspecified atom stereocenters. The minimum atomic E-state index is 0.602. The Hall–Kier alpha value is -1.28. The van der Waals surface area contributed by atoms with Gasteiger partial charge < -0.3 is 9.47 Å². The number of hydrogen-bond acceptors (Lipinski definition) is 2. The molecule has 1 rings (SSSR count). The lowest BCUT2D eigenvalue weighted by Crippen LogP contribution is -2.12. The summed E-state index contributed by atoms with van der Waals surface area (Å²) in [6, 6.07) is 8.09. The van der Waals surface area contributed by atoms with Crippen LogP contribution < -0.4 is 4.74 Å². The summed E-state index contributed by atoms with van der Waals surface area (Å²) in [6.07, 6.45) is 8.25. The van der Waals surface area contributed by atoms with Crippen LogP contribution in [0.1, 0.15) is 52.5 Å². The van der Waals surface area contributed by atoms with E-state index in [1.54, 1.807) is 7.11 Å².